The van der Waals surface area contributed by atoms with Crippen LogP contribution in [0.3, 0.4) is 0 Å². The Bertz CT molecular complexity index is 450. The van der Waals surface area contributed by atoms with Gasteiger partial charge in [-0.3, -0.25) is 0 Å². The van der Waals surface area contributed by atoms with E-state index >= 15 is 0 Å². The Morgan fingerprint density at radius 3 is 3.00 bits per heavy atom. The fraction of sp³-hybridized carbons (Fsp3) is 0.333. The molecule has 3 heteroatoms. The number of aromatic nitrogens is 1. The molecular formula is C12H14ClNS. The highest BCUT2D eigenvalue weighted by atomic mass is 35.5. The molecule has 0 saturated heterocycles. The second kappa shape index (κ2) is 4.95. The van der Waals surface area contributed by atoms with Gasteiger partial charge in [0.1, 0.15) is 0 Å². The van der Waals surface area contributed by atoms with E-state index in [-0.39, 0.29) is 0 Å². The van der Waals surface area contributed by atoms with Crippen LogP contribution < -0.4 is 0 Å². The summed E-state index contributed by atoms with van der Waals surface area (Å²) < 4.78 is 2.28. The summed E-state index contributed by atoms with van der Waals surface area (Å²) >= 11 is 7.88. The van der Waals surface area contributed by atoms with Crippen molar-refractivity contribution >= 4 is 34.3 Å². The Hall–Kier alpha value is -0.600. The van der Waals surface area contributed by atoms with E-state index in [1.54, 1.807) is 0 Å². The number of nitrogens with zero attached hydrogens (tertiary/aromatic N) is 1. The molecule has 80 valence electrons. The average molecular weight is 240 g/mol. The average Bonchev–Trinajstić information content (AvgIpc) is 2.62. The molecule has 0 aliphatic heterocycles. The molecular weight excluding hydrogens is 226 g/mol. The van der Waals surface area contributed by atoms with Gasteiger partial charge in [0.25, 0.3) is 0 Å². The van der Waals surface area contributed by atoms with Gasteiger partial charge in [-0.15, -0.1) is 0 Å². The molecule has 1 aromatic carbocycles. The van der Waals surface area contributed by atoms with E-state index in [0.29, 0.717) is 0 Å². The first-order valence-corrected chi connectivity index (χ1v) is 6.82. The van der Waals surface area contributed by atoms with E-state index in [1.807, 2.05) is 23.9 Å². The predicted octanol–water partition coefficient (Wildman–Crippen LogP) is 4.05. The zero-order chi connectivity index (χ0) is 10.7. The quantitative estimate of drug-likeness (QED) is 0.729. The second-order valence-corrected chi connectivity index (χ2v) is 4.98. The lowest BCUT2D eigenvalue weighted by Crippen LogP contribution is -1.96. The van der Waals surface area contributed by atoms with E-state index in [0.717, 1.165) is 11.6 Å². The van der Waals surface area contributed by atoms with Crippen LogP contribution in [0.15, 0.2) is 30.5 Å². The van der Waals surface area contributed by atoms with Crippen LogP contribution in [0.2, 0.25) is 5.02 Å². The van der Waals surface area contributed by atoms with Gasteiger partial charge in [-0.05, 0) is 42.0 Å². The van der Waals surface area contributed by atoms with Gasteiger partial charge in [0.2, 0.25) is 0 Å². The molecule has 0 aliphatic rings. The summed E-state index contributed by atoms with van der Waals surface area (Å²) in [4.78, 5) is 0. The maximum absolute atomic E-state index is 5.99. The van der Waals surface area contributed by atoms with Gasteiger partial charge in [-0.2, -0.15) is 11.8 Å². The fourth-order valence-electron chi connectivity index (χ4n) is 1.73. The topological polar surface area (TPSA) is 4.93 Å². The third-order valence-corrected chi connectivity index (χ3v) is 3.42. The van der Waals surface area contributed by atoms with Crippen LogP contribution in [0.1, 0.15) is 6.42 Å². The minimum Gasteiger partial charge on any atom is -0.347 e. The number of halogens is 1. The molecule has 0 spiro atoms. The van der Waals surface area contributed by atoms with Gasteiger partial charge in [0.15, 0.2) is 0 Å². The van der Waals surface area contributed by atoms with Gasteiger partial charge in [-0.1, -0.05) is 17.7 Å². The van der Waals surface area contributed by atoms with Crippen molar-refractivity contribution in [1.82, 2.24) is 4.57 Å². The van der Waals surface area contributed by atoms with Gasteiger partial charge in [0, 0.05) is 23.3 Å². The number of benzene rings is 1. The Morgan fingerprint density at radius 1 is 1.33 bits per heavy atom. The number of fused-ring (bicyclic) bond motifs is 1. The molecule has 2 rings (SSSR count). The fourth-order valence-corrected chi connectivity index (χ4v) is 2.32. The lowest BCUT2D eigenvalue weighted by atomic mass is 10.2. The van der Waals surface area contributed by atoms with Crippen molar-refractivity contribution in [1.29, 1.82) is 0 Å². The van der Waals surface area contributed by atoms with Crippen molar-refractivity contribution < 1.29 is 0 Å². The summed E-state index contributed by atoms with van der Waals surface area (Å²) in [7, 11) is 0. The van der Waals surface area contributed by atoms with Crippen LogP contribution in [-0.2, 0) is 6.54 Å². The second-order valence-electron chi connectivity index (χ2n) is 3.56. The summed E-state index contributed by atoms with van der Waals surface area (Å²) in [6.07, 6.45) is 5.49. The molecule has 0 bridgehead atoms. The maximum Gasteiger partial charge on any atom is 0.0495 e. The number of hydrogen-bond donors (Lipinski definition) is 0. The van der Waals surface area contributed by atoms with Crippen LogP contribution in [0, 0.1) is 0 Å². The number of rotatable bonds is 4. The molecule has 0 amide bonds. The number of aryl methyl sites for hydroxylation is 1. The van der Waals surface area contributed by atoms with Crippen molar-refractivity contribution in [2.45, 2.75) is 13.0 Å². The molecule has 0 unspecified atom stereocenters. The van der Waals surface area contributed by atoms with Crippen LogP contribution >= 0.6 is 23.4 Å². The number of hydrogen-bond acceptors (Lipinski definition) is 1. The highest BCUT2D eigenvalue weighted by Crippen LogP contribution is 2.20. The molecule has 0 fully saturated rings. The largest absolute Gasteiger partial charge is 0.347 e. The summed E-state index contributed by atoms with van der Waals surface area (Å²) in [5, 5.41) is 2.08. The van der Waals surface area contributed by atoms with Crippen LogP contribution in [0.4, 0.5) is 0 Å². The summed E-state index contributed by atoms with van der Waals surface area (Å²) in [6.45, 7) is 1.07. The van der Waals surface area contributed by atoms with Crippen LogP contribution in [0.25, 0.3) is 10.9 Å². The van der Waals surface area contributed by atoms with Gasteiger partial charge in [0.05, 0.1) is 0 Å². The molecule has 1 aromatic heterocycles. The molecule has 0 aliphatic carbocycles. The Labute approximate surface area is 99.4 Å². The summed E-state index contributed by atoms with van der Waals surface area (Å²) in [6, 6.07) is 8.19. The van der Waals surface area contributed by atoms with Crippen molar-refractivity contribution in [2.75, 3.05) is 12.0 Å². The zero-order valence-electron chi connectivity index (χ0n) is 8.74. The predicted molar refractivity (Wildman–Crippen MR) is 69.9 cm³/mol. The van der Waals surface area contributed by atoms with Crippen LogP contribution in [-0.4, -0.2) is 16.6 Å². The van der Waals surface area contributed by atoms with Crippen molar-refractivity contribution in [3.8, 4) is 0 Å². The van der Waals surface area contributed by atoms with E-state index in [1.165, 1.54) is 23.1 Å². The third kappa shape index (κ3) is 2.50. The molecule has 2 aromatic rings. The molecule has 0 atom stereocenters. The van der Waals surface area contributed by atoms with Crippen molar-refractivity contribution in [3.05, 3.63) is 35.5 Å². The summed E-state index contributed by atoms with van der Waals surface area (Å²) in [5.41, 5.74) is 1.24. The first-order valence-electron chi connectivity index (χ1n) is 5.04. The highest BCUT2D eigenvalue weighted by molar-refractivity contribution is 7.98. The first kappa shape index (κ1) is 10.9. The molecule has 1 nitrogen and oxygen atoms in total. The smallest absolute Gasteiger partial charge is 0.0495 e. The minimum atomic E-state index is 0.812. The van der Waals surface area contributed by atoms with Crippen molar-refractivity contribution in [2.24, 2.45) is 0 Å². The minimum absolute atomic E-state index is 0.812. The van der Waals surface area contributed by atoms with Crippen molar-refractivity contribution in [3.63, 3.8) is 0 Å². The Balaban J connectivity index is 2.23. The van der Waals surface area contributed by atoms with E-state index in [2.05, 4.69) is 29.2 Å². The van der Waals surface area contributed by atoms with Crippen LogP contribution in [0.5, 0.6) is 0 Å². The Morgan fingerprint density at radius 2 is 2.20 bits per heavy atom. The zero-order valence-corrected chi connectivity index (χ0v) is 10.3. The summed E-state index contributed by atoms with van der Waals surface area (Å²) in [5.74, 6) is 1.21. The Kier molecular flexibility index (Phi) is 3.60. The first-order chi connectivity index (χ1) is 7.31. The van der Waals surface area contributed by atoms with Gasteiger partial charge >= 0.3 is 0 Å². The molecule has 0 radical (unpaired) electrons. The molecule has 1 heterocycles. The molecule has 0 N–H and O–H groups in total. The lowest BCUT2D eigenvalue weighted by molar-refractivity contribution is 0.709. The molecule has 15 heavy (non-hydrogen) atoms. The van der Waals surface area contributed by atoms with Gasteiger partial charge in [-0.25, -0.2) is 0 Å². The monoisotopic (exact) mass is 239 g/mol. The number of thioether (sulfide) groups is 1. The van der Waals surface area contributed by atoms with E-state index in [4.69, 9.17) is 11.6 Å². The van der Waals surface area contributed by atoms with E-state index < -0.39 is 0 Å². The SMILES string of the molecule is CSCCCn1ccc2ccc(Cl)cc21. The van der Waals surface area contributed by atoms with E-state index in [9.17, 15) is 0 Å². The standard InChI is InChI=1S/C12H14ClNS/c1-15-8-2-6-14-7-5-10-3-4-11(13)9-12(10)14/h3-5,7,9H,2,6,8H2,1H3. The third-order valence-electron chi connectivity index (χ3n) is 2.48. The maximum atomic E-state index is 5.99. The molecule has 0 saturated carbocycles. The normalized spacial score (nSPS) is 11.1. The highest BCUT2D eigenvalue weighted by Gasteiger charge is 2.00. The van der Waals surface area contributed by atoms with Gasteiger partial charge < -0.3 is 4.57 Å². The lowest BCUT2D eigenvalue weighted by Gasteiger charge is -2.04.